The summed E-state index contributed by atoms with van der Waals surface area (Å²) in [6, 6.07) is -0.0448. The highest BCUT2D eigenvalue weighted by molar-refractivity contribution is 7.89. The number of hydrogen-bond acceptors (Lipinski definition) is 3. The number of rotatable bonds is 7. The first-order valence-electron chi connectivity index (χ1n) is 5.90. The fourth-order valence-electron chi connectivity index (χ4n) is 1.07. The molecule has 0 aliphatic heterocycles. The summed E-state index contributed by atoms with van der Waals surface area (Å²) in [5.41, 5.74) is -0.0469. The van der Waals surface area contributed by atoms with Crippen molar-refractivity contribution in [3.63, 3.8) is 0 Å². The lowest BCUT2D eigenvalue weighted by atomic mass is 9.89. The van der Waals surface area contributed by atoms with E-state index in [1.54, 1.807) is 0 Å². The zero-order valence-electron chi connectivity index (χ0n) is 11.1. The molecule has 1 atom stereocenters. The first kappa shape index (κ1) is 15.9. The summed E-state index contributed by atoms with van der Waals surface area (Å²) in [6.07, 6.45) is 0.653. The van der Waals surface area contributed by atoms with E-state index >= 15 is 0 Å². The molecule has 0 rings (SSSR count). The second-order valence-electron chi connectivity index (χ2n) is 5.23. The van der Waals surface area contributed by atoms with Gasteiger partial charge < -0.3 is 5.32 Å². The third-order valence-corrected chi connectivity index (χ3v) is 4.21. The zero-order chi connectivity index (χ0) is 12.8. The van der Waals surface area contributed by atoms with E-state index in [4.69, 9.17) is 0 Å². The van der Waals surface area contributed by atoms with Gasteiger partial charge in [-0.15, -0.1) is 0 Å². The molecule has 0 amide bonds. The van der Waals surface area contributed by atoms with Crippen molar-refractivity contribution in [2.24, 2.45) is 5.41 Å². The van der Waals surface area contributed by atoms with E-state index in [-0.39, 0.29) is 17.2 Å². The van der Waals surface area contributed by atoms with E-state index in [0.29, 0.717) is 6.42 Å². The van der Waals surface area contributed by atoms with Crippen molar-refractivity contribution in [2.45, 2.75) is 47.1 Å². The minimum Gasteiger partial charge on any atom is -0.317 e. The molecular formula is C11H26N2O2S. The van der Waals surface area contributed by atoms with E-state index in [1.807, 2.05) is 34.6 Å². The standard InChI is InChI=1S/C11H26N2O2S/c1-6-12-8-7-9-16(14,15)13-10(2)11(3,4)5/h10,12-13H,6-9H2,1-5H3. The van der Waals surface area contributed by atoms with Crippen molar-refractivity contribution in [1.82, 2.24) is 10.0 Å². The summed E-state index contributed by atoms with van der Waals surface area (Å²) in [7, 11) is -3.13. The van der Waals surface area contributed by atoms with Gasteiger partial charge in [-0.25, -0.2) is 13.1 Å². The largest absolute Gasteiger partial charge is 0.317 e. The summed E-state index contributed by atoms with van der Waals surface area (Å²) in [4.78, 5) is 0. The predicted octanol–water partition coefficient (Wildman–Crippen LogP) is 1.34. The SMILES string of the molecule is CCNCCCS(=O)(=O)NC(C)C(C)(C)C. The van der Waals surface area contributed by atoms with Crippen LogP contribution in [0, 0.1) is 5.41 Å². The first-order chi connectivity index (χ1) is 7.19. The van der Waals surface area contributed by atoms with E-state index in [0.717, 1.165) is 13.1 Å². The summed E-state index contributed by atoms with van der Waals surface area (Å²) in [5, 5.41) is 3.11. The highest BCUT2D eigenvalue weighted by Crippen LogP contribution is 2.19. The molecule has 0 bridgehead atoms. The Morgan fingerprint density at radius 1 is 1.25 bits per heavy atom. The monoisotopic (exact) mass is 250 g/mol. The molecule has 0 spiro atoms. The van der Waals surface area contributed by atoms with Crippen LogP contribution in [0.25, 0.3) is 0 Å². The van der Waals surface area contributed by atoms with E-state index in [1.165, 1.54) is 0 Å². The summed E-state index contributed by atoms with van der Waals surface area (Å²) >= 11 is 0. The zero-order valence-corrected chi connectivity index (χ0v) is 11.9. The smallest absolute Gasteiger partial charge is 0.211 e. The number of sulfonamides is 1. The Labute approximate surface area is 100 Å². The Balaban J connectivity index is 4.06. The molecule has 0 aromatic carbocycles. The quantitative estimate of drug-likeness (QED) is 0.670. The van der Waals surface area contributed by atoms with Gasteiger partial charge >= 0.3 is 0 Å². The van der Waals surface area contributed by atoms with Crippen LogP contribution < -0.4 is 10.0 Å². The molecule has 0 aliphatic rings. The van der Waals surface area contributed by atoms with Gasteiger partial charge in [-0.05, 0) is 31.8 Å². The van der Waals surface area contributed by atoms with Crippen molar-refractivity contribution < 1.29 is 8.42 Å². The average Bonchev–Trinajstić information content (AvgIpc) is 2.10. The predicted molar refractivity (Wildman–Crippen MR) is 69.0 cm³/mol. The Morgan fingerprint density at radius 2 is 1.81 bits per heavy atom. The van der Waals surface area contributed by atoms with Crippen molar-refractivity contribution in [1.29, 1.82) is 0 Å². The van der Waals surface area contributed by atoms with Crippen LogP contribution in [-0.2, 0) is 10.0 Å². The van der Waals surface area contributed by atoms with E-state index < -0.39 is 10.0 Å². The molecule has 0 aliphatic carbocycles. The topological polar surface area (TPSA) is 58.2 Å². The van der Waals surface area contributed by atoms with Gasteiger partial charge in [0.05, 0.1) is 5.75 Å². The van der Waals surface area contributed by atoms with Crippen LogP contribution in [0.15, 0.2) is 0 Å². The lowest BCUT2D eigenvalue weighted by Gasteiger charge is -2.27. The lowest BCUT2D eigenvalue weighted by Crippen LogP contribution is -2.42. The molecule has 4 nitrogen and oxygen atoms in total. The average molecular weight is 250 g/mol. The van der Waals surface area contributed by atoms with Crippen LogP contribution >= 0.6 is 0 Å². The third-order valence-electron chi connectivity index (χ3n) is 2.67. The van der Waals surface area contributed by atoms with Gasteiger partial charge in [0.1, 0.15) is 0 Å². The summed E-state index contributed by atoms with van der Waals surface area (Å²) in [5.74, 6) is 0.195. The maximum absolute atomic E-state index is 11.7. The fraction of sp³-hybridized carbons (Fsp3) is 1.00. The molecule has 0 saturated heterocycles. The normalized spacial score (nSPS) is 15.1. The molecule has 98 valence electrons. The number of hydrogen-bond donors (Lipinski definition) is 2. The van der Waals surface area contributed by atoms with Gasteiger partial charge in [0.15, 0.2) is 0 Å². The molecular weight excluding hydrogens is 224 g/mol. The minimum absolute atomic E-state index is 0.0448. The minimum atomic E-state index is -3.13. The highest BCUT2D eigenvalue weighted by atomic mass is 32.2. The second-order valence-corrected chi connectivity index (χ2v) is 7.10. The van der Waals surface area contributed by atoms with Crippen LogP contribution in [0.3, 0.4) is 0 Å². The van der Waals surface area contributed by atoms with Gasteiger partial charge in [-0.3, -0.25) is 0 Å². The van der Waals surface area contributed by atoms with Crippen LogP contribution in [0.4, 0.5) is 0 Å². The summed E-state index contributed by atoms with van der Waals surface area (Å²) < 4.78 is 26.1. The molecule has 16 heavy (non-hydrogen) atoms. The molecule has 0 aromatic rings. The molecule has 1 unspecified atom stereocenters. The van der Waals surface area contributed by atoms with Crippen molar-refractivity contribution >= 4 is 10.0 Å². The second kappa shape index (κ2) is 6.57. The van der Waals surface area contributed by atoms with Gasteiger partial charge in [-0.2, -0.15) is 0 Å². The van der Waals surface area contributed by atoms with Crippen molar-refractivity contribution in [3.05, 3.63) is 0 Å². The van der Waals surface area contributed by atoms with Crippen LogP contribution in [0.2, 0.25) is 0 Å². The van der Waals surface area contributed by atoms with Gasteiger partial charge in [-0.1, -0.05) is 27.7 Å². The van der Waals surface area contributed by atoms with Crippen molar-refractivity contribution in [3.8, 4) is 0 Å². The first-order valence-corrected chi connectivity index (χ1v) is 7.55. The van der Waals surface area contributed by atoms with Gasteiger partial charge in [0.2, 0.25) is 10.0 Å². The molecule has 0 fully saturated rings. The molecule has 0 radical (unpaired) electrons. The highest BCUT2D eigenvalue weighted by Gasteiger charge is 2.24. The molecule has 0 saturated carbocycles. The van der Waals surface area contributed by atoms with Crippen LogP contribution in [0.1, 0.15) is 41.0 Å². The Bertz CT molecular complexity index is 281. The van der Waals surface area contributed by atoms with Gasteiger partial charge in [0, 0.05) is 6.04 Å². The molecule has 5 heteroatoms. The van der Waals surface area contributed by atoms with Crippen LogP contribution in [0.5, 0.6) is 0 Å². The van der Waals surface area contributed by atoms with Crippen molar-refractivity contribution in [2.75, 3.05) is 18.8 Å². The molecule has 0 aromatic heterocycles. The molecule has 0 heterocycles. The van der Waals surface area contributed by atoms with E-state index in [9.17, 15) is 8.42 Å². The fourth-order valence-corrected chi connectivity index (χ4v) is 2.60. The maximum Gasteiger partial charge on any atom is 0.211 e. The number of nitrogens with one attached hydrogen (secondary N) is 2. The van der Waals surface area contributed by atoms with Crippen LogP contribution in [-0.4, -0.2) is 33.3 Å². The molecule has 2 N–H and O–H groups in total. The third kappa shape index (κ3) is 7.19. The lowest BCUT2D eigenvalue weighted by molar-refractivity contribution is 0.317. The van der Waals surface area contributed by atoms with Gasteiger partial charge in [0.25, 0.3) is 0 Å². The Kier molecular flexibility index (Phi) is 6.51. The maximum atomic E-state index is 11.7. The Morgan fingerprint density at radius 3 is 2.25 bits per heavy atom. The van der Waals surface area contributed by atoms with E-state index in [2.05, 4.69) is 10.0 Å². The summed E-state index contributed by atoms with van der Waals surface area (Å²) in [6.45, 7) is 11.6. The Hall–Kier alpha value is -0.130.